The number of hydrogen-bond donors (Lipinski definition) is 2. The summed E-state index contributed by atoms with van der Waals surface area (Å²) in [5.74, 6) is 0.169. The Balaban J connectivity index is 2.86. The van der Waals surface area contributed by atoms with Crippen LogP contribution in [0.4, 0.5) is 5.00 Å². The number of aryl methyl sites for hydroxylation is 1. The molecule has 0 bridgehead atoms. The zero-order valence-electron chi connectivity index (χ0n) is 11.9. The molecule has 0 aromatic carbocycles. The van der Waals surface area contributed by atoms with E-state index in [1.807, 2.05) is 13.8 Å². The lowest BCUT2D eigenvalue weighted by Crippen LogP contribution is -2.31. The van der Waals surface area contributed by atoms with Crippen LogP contribution in [0.5, 0.6) is 0 Å². The number of thiophene rings is 1. The van der Waals surface area contributed by atoms with Gasteiger partial charge in [-0.15, -0.1) is 11.3 Å². The molecular formula is C13H20N2O2S2. The van der Waals surface area contributed by atoms with E-state index < -0.39 is 0 Å². The van der Waals surface area contributed by atoms with Gasteiger partial charge in [0, 0.05) is 11.4 Å². The molecule has 0 atom stereocenters. The highest BCUT2D eigenvalue weighted by Gasteiger charge is 2.20. The molecule has 6 heteroatoms. The quantitative estimate of drug-likeness (QED) is 0.661. The summed E-state index contributed by atoms with van der Waals surface area (Å²) in [6.07, 6.45) is 0. The Bertz CT molecular complexity index is 481. The lowest BCUT2D eigenvalue weighted by Gasteiger charge is -2.12. The van der Waals surface area contributed by atoms with Crippen LogP contribution in [0.1, 0.15) is 34.6 Å². The van der Waals surface area contributed by atoms with Crippen molar-refractivity contribution in [2.75, 3.05) is 19.0 Å². The molecule has 1 heterocycles. The number of carbonyl (C=O) groups excluding carboxylic acids is 1. The predicted octanol–water partition coefficient (Wildman–Crippen LogP) is 3.09. The van der Waals surface area contributed by atoms with Gasteiger partial charge in [-0.1, -0.05) is 13.8 Å². The second-order valence-electron chi connectivity index (χ2n) is 4.71. The van der Waals surface area contributed by atoms with Crippen LogP contribution < -0.4 is 10.6 Å². The number of methoxy groups -OCH3 is 1. The molecule has 0 saturated heterocycles. The first kappa shape index (κ1) is 15.9. The van der Waals surface area contributed by atoms with Crippen LogP contribution >= 0.6 is 23.6 Å². The minimum Gasteiger partial charge on any atom is -0.465 e. The number of hydrogen-bond acceptors (Lipinski definition) is 4. The first-order chi connectivity index (χ1) is 8.86. The second kappa shape index (κ2) is 6.86. The number of rotatable bonds is 4. The summed E-state index contributed by atoms with van der Waals surface area (Å²) in [6, 6.07) is 0. The molecule has 0 radical (unpaired) electrons. The first-order valence-corrected chi connectivity index (χ1v) is 7.32. The summed E-state index contributed by atoms with van der Waals surface area (Å²) in [5.41, 5.74) is 1.50. The maximum absolute atomic E-state index is 11.8. The maximum atomic E-state index is 11.8. The number of anilines is 1. The highest BCUT2D eigenvalue weighted by Crippen LogP contribution is 2.32. The molecule has 1 rings (SSSR count). The average molecular weight is 300 g/mol. The van der Waals surface area contributed by atoms with Gasteiger partial charge in [0.15, 0.2) is 5.11 Å². The van der Waals surface area contributed by atoms with Gasteiger partial charge in [-0.25, -0.2) is 4.79 Å². The van der Waals surface area contributed by atoms with Crippen molar-refractivity contribution in [3.63, 3.8) is 0 Å². The Labute approximate surface area is 123 Å². The minimum absolute atomic E-state index is 0.337. The van der Waals surface area contributed by atoms with Crippen LogP contribution in [0.25, 0.3) is 0 Å². The molecule has 0 unspecified atom stereocenters. The van der Waals surface area contributed by atoms with Crippen LogP contribution in [0, 0.1) is 19.8 Å². The van der Waals surface area contributed by atoms with Crippen LogP contribution in [-0.2, 0) is 4.74 Å². The van der Waals surface area contributed by atoms with Gasteiger partial charge in [-0.2, -0.15) is 0 Å². The van der Waals surface area contributed by atoms with E-state index in [1.54, 1.807) is 0 Å². The average Bonchev–Trinajstić information content (AvgIpc) is 2.61. The van der Waals surface area contributed by atoms with E-state index in [-0.39, 0.29) is 5.97 Å². The van der Waals surface area contributed by atoms with E-state index in [0.717, 1.165) is 22.0 Å². The summed E-state index contributed by atoms with van der Waals surface area (Å²) in [6.45, 7) is 8.89. The Morgan fingerprint density at radius 1 is 1.42 bits per heavy atom. The predicted molar refractivity (Wildman–Crippen MR) is 84.2 cm³/mol. The fourth-order valence-electron chi connectivity index (χ4n) is 1.51. The smallest absolute Gasteiger partial charge is 0.341 e. The van der Waals surface area contributed by atoms with Crippen LogP contribution in [0.2, 0.25) is 0 Å². The van der Waals surface area contributed by atoms with Crippen LogP contribution in [0.15, 0.2) is 0 Å². The zero-order chi connectivity index (χ0) is 14.6. The molecule has 0 saturated carbocycles. The third kappa shape index (κ3) is 4.18. The van der Waals surface area contributed by atoms with Gasteiger partial charge in [0.05, 0.1) is 12.7 Å². The molecule has 0 aliphatic rings. The van der Waals surface area contributed by atoms with E-state index in [4.69, 9.17) is 17.0 Å². The molecular weight excluding hydrogens is 280 g/mol. The van der Waals surface area contributed by atoms with E-state index in [0.29, 0.717) is 16.6 Å². The minimum atomic E-state index is -0.337. The van der Waals surface area contributed by atoms with Crippen LogP contribution in [-0.4, -0.2) is 24.7 Å². The standard InChI is InChI=1S/C13H20N2O2S2/c1-7(2)6-14-13(18)15-11-10(12(16)17-5)8(3)9(4)19-11/h7H,6H2,1-5H3,(H2,14,15,18). The van der Waals surface area contributed by atoms with Crippen molar-refractivity contribution >= 4 is 39.6 Å². The number of carbonyl (C=O) groups is 1. The fourth-order valence-corrected chi connectivity index (χ4v) is 2.81. The zero-order valence-corrected chi connectivity index (χ0v) is 13.6. The topological polar surface area (TPSA) is 50.4 Å². The maximum Gasteiger partial charge on any atom is 0.341 e. The molecule has 1 aromatic heterocycles. The molecule has 106 valence electrons. The molecule has 0 amide bonds. The van der Waals surface area contributed by atoms with Crippen molar-refractivity contribution < 1.29 is 9.53 Å². The van der Waals surface area contributed by atoms with Crippen molar-refractivity contribution in [3.05, 3.63) is 16.0 Å². The third-order valence-electron chi connectivity index (χ3n) is 2.67. The van der Waals surface area contributed by atoms with Crippen molar-refractivity contribution in [3.8, 4) is 0 Å². The second-order valence-corrected chi connectivity index (χ2v) is 6.34. The van der Waals surface area contributed by atoms with Crippen LogP contribution in [0.3, 0.4) is 0 Å². The van der Waals surface area contributed by atoms with E-state index in [9.17, 15) is 4.79 Å². The molecule has 4 nitrogen and oxygen atoms in total. The number of esters is 1. The normalized spacial score (nSPS) is 10.4. The number of ether oxygens (including phenoxy) is 1. The molecule has 1 aromatic rings. The van der Waals surface area contributed by atoms with Gasteiger partial charge in [0.25, 0.3) is 0 Å². The molecule has 0 fully saturated rings. The lowest BCUT2D eigenvalue weighted by atomic mass is 10.1. The summed E-state index contributed by atoms with van der Waals surface area (Å²) in [4.78, 5) is 12.9. The molecule has 19 heavy (non-hydrogen) atoms. The van der Waals surface area contributed by atoms with Gasteiger partial charge >= 0.3 is 5.97 Å². The van der Waals surface area contributed by atoms with Gasteiger partial charge in [-0.3, -0.25) is 0 Å². The fraction of sp³-hybridized carbons (Fsp3) is 0.538. The Morgan fingerprint density at radius 2 is 2.05 bits per heavy atom. The largest absolute Gasteiger partial charge is 0.465 e. The molecule has 0 spiro atoms. The Hall–Kier alpha value is -1.14. The van der Waals surface area contributed by atoms with E-state index >= 15 is 0 Å². The van der Waals surface area contributed by atoms with Crippen molar-refractivity contribution in [1.29, 1.82) is 0 Å². The lowest BCUT2D eigenvalue weighted by molar-refractivity contribution is 0.0601. The molecule has 2 N–H and O–H groups in total. The van der Waals surface area contributed by atoms with Crippen molar-refractivity contribution in [2.24, 2.45) is 5.92 Å². The summed E-state index contributed by atoms with van der Waals surface area (Å²) in [7, 11) is 1.38. The van der Waals surface area contributed by atoms with Crippen molar-refractivity contribution in [2.45, 2.75) is 27.7 Å². The van der Waals surface area contributed by atoms with Gasteiger partial charge in [0.1, 0.15) is 5.00 Å². The Kier molecular flexibility index (Phi) is 5.75. The highest BCUT2D eigenvalue weighted by molar-refractivity contribution is 7.80. The van der Waals surface area contributed by atoms with Gasteiger partial charge in [0.2, 0.25) is 0 Å². The molecule has 0 aliphatic carbocycles. The monoisotopic (exact) mass is 300 g/mol. The number of thiocarbonyl (C=S) groups is 1. The summed E-state index contributed by atoms with van der Waals surface area (Å²) < 4.78 is 4.81. The summed E-state index contributed by atoms with van der Waals surface area (Å²) >= 11 is 6.73. The highest BCUT2D eigenvalue weighted by atomic mass is 32.1. The number of nitrogens with one attached hydrogen (secondary N) is 2. The third-order valence-corrected chi connectivity index (χ3v) is 4.04. The van der Waals surface area contributed by atoms with Crippen molar-refractivity contribution in [1.82, 2.24) is 5.32 Å². The van der Waals surface area contributed by atoms with E-state index in [2.05, 4.69) is 24.5 Å². The van der Waals surface area contributed by atoms with Gasteiger partial charge < -0.3 is 15.4 Å². The van der Waals surface area contributed by atoms with Gasteiger partial charge in [-0.05, 0) is 37.5 Å². The first-order valence-electron chi connectivity index (χ1n) is 6.10. The Morgan fingerprint density at radius 3 is 2.58 bits per heavy atom. The van der Waals surface area contributed by atoms with E-state index in [1.165, 1.54) is 18.4 Å². The SMILES string of the molecule is COC(=O)c1c(NC(=S)NCC(C)C)sc(C)c1C. The summed E-state index contributed by atoms with van der Waals surface area (Å²) in [5, 5.41) is 7.47. The molecule has 0 aliphatic heterocycles.